The number of hydrogen-bond donors (Lipinski definition) is 2. The van der Waals surface area contributed by atoms with Crippen LogP contribution in [0.2, 0.25) is 0 Å². The lowest BCUT2D eigenvalue weighted by molar-refractivity contribution is -0.142. The molecule has 1 aliphatic rings. The molecule has 114 valence electrons. The zero-order valence-corrected chi connectivity index (χ0v) is 12.0. The summed E-state index contributed by atoms with van der Waals surface area (Å²) in [6.45, 7) is 0.346. The second-order valence-corrected chi connectivity index (χ2v) is 5.43. The third kappa shape index (κ3) is 5.95. The number of rotatable bonds is 9. The van der Waals surface area contributed by atoms with Crippen molar-refractivity contribution in [1.82, 2.24) is 5.32 Å². The van der Waals surface area contributed by atoms with Crippen molar-refractivity contribution >= 4 is 11.9 Å². The zero-order valence-electron chi connectivity index (χ0n) is 12.0. The number of carbonyl (C=O) groups is 2. The molecule has 0 saturated heterocycles. The van der Waals surface area contributed by atoms with Crippen LogP contribution in [-0.4, -0.2) is 36.2 Å². The van der Waals surface area contributed by atoms with Crippen molar-refractivity contribution in [2.24, 2.45) is 5.92 Å². The molecule has 2 N–H and O–H groups in total. The molecule has 0 bridgehead atoms. The van der Waals surface area contributed by atoms with Gasteiger partial charge in [0.25, 0.3) is 0 Å². The van der Waals surface area contributed by atoms with Gasteiger partial charge in [0.2, 0.25) is 5.91 Å². The van der Waals surface area contributed by atoms with Crippen LogP contribution in [0.4, 0.5) is 0 Å². The Hall–Kier alpha value is -1.88. The average molecular weight is 291 g/mol. The highest BCUT2D eigenvalue weighted by atomic mass is 16.5. The van der Waals surface area contributed by atoms with E-state index in [9.17, 15) is 9.59 Å². The van der Waals surface area contributed by atoms with Gasteiger partial charge in [-0.2, -0.15) is 0 Å². The van der Waals surface area contributed by atoms with Crippen LogP contribution >= 0.6 is 0 Å². The van der Waals surface area contributed by atoms with Gasteiger partial charge in [-0.3, -0.25) is 4.79 Å². The number of nitrogens with one attached hydrogen (secondary N) is 1. The lowest BCUT2D eigenvalue weighted by Crippen LogP contribution is -2.42. The summed E-state index contributed by atoms with van der Waals surface area (Å²) < 4.78 is 5.30. The first-order valence-corrected chi connectivity index (χ1v) is 7.29. The van der Waals surface area contributed by atoms with Crippen LogP contribution in [-0.2, 0) is 20.7 Å². The Morgan fingerprint density at radius 3 is 2.62 bits per heavy atom. The molecule has 2 rings (SSSR count). The summed E-state index contributed by atoms with van der Waals surface area (Å²) in [6.07, 6.45) is 3.38. The lowest BCUT2D eigenvalue weighted by atomic mass is 10.1. The van der Waals surface area contributed by atoms with Crippen LogP contribution in [0.15, 0.2) is 30.3 Å². The number of aliphatic carboxylic acids is 1. The van der Waals surface area contributed by atoms with Crippen LogP contribution < -0.4 is 5.32 Å². The monoisotopic (exact) mass is 291 g/mol. The molecule has 21 heavy (non-hydrogen) atoms. The van der Waals surface area contributed by atoms with Gasteiger partial charge in [-0.05, 0) is 24.3 Å². The van der Waals surface area contributed by atoms with Crippen molar-refractivity contribution in [2.45, 2.75) is 31.7 Å². The molecule has 1 aliphatic carbocycles. The van der Waals surface area contributed by atoms with E-state index in [-0.39, 0.29) is 12.5 Å². The van der Waals surface area contributed by atoms with Crippen LogP contribution in [0.3, 0.4) is 0 Å². The standard InChI is InChI=1S/C16H21NO4/c18-15(17-14(16(19)20)10-13-6-7-13)11-21-9-8-12-4-2-1-3-5-12/h1-5,13-14H,6-11H2,(H,17,18)(H,19,20). The number of ether oxygens (including phenoxy) is 1. The Balaban J connectivity index is 1.63. The van der Waals surface area contributed by atoms with Gasteiger partial charge in [-0.1, -0.05) is 43.2 Å². The third-order valence-corrected chi connectivity index (χ3v) is 3.51. The molecule has 1 amide bonds. The van der Waals surface area contributed by atoms with Crippen molar-refractivity contribution in [2.75, 3.05) is 13.2 Å². The first-order valence-electron chi connectivity index (χ1n) is 7.29. The van der Waals surface area contributed by atoms with E-state index < -0.39 is 12.0 Å². The Morgan fingerprint density at radius 1 is 1.29 bits per heavy atom. The van der Waals surface area contributed by atoms with E-state index in [1.165, 1.54) is 0 Å². The maximum absolute atomic E-state index is 11.7. The normalized spacial score (nSPS) is 15.4. The van der Waals surface area contributed by atoms with E-state index >= 15 is 0 Å². The molecule has 1 aromatic carbocycles. The minimum atomic E-state index is -0.973. The number of carbonyl (C=O) groups excluding carboxylic acids is 1. The predicted molar refractivity (Wildman–Crippen MR) is 77.9 cm³/mol. The van der Waals surface area contributed by atoms with E-state index in [2.05, 4.69) is 5.32 Å². The smallest absolute Gasteiger partial charge is 0.326 e. The van der Waals surface area contributed by atoms with Crippen LogP contribution in [0.5, 0.6) is 0 Å². The van der Waals surface area contributed by atoms with Crippen molar-refractivity contribution < 1.29 is 19.4 Å². The highest BCUT2D eigenvalue weighted by molar-refractivity contribution is 5.84. The van der Waals surface area contributed by atoms with Crippen LogP contribution in [0.25, 0.3) is 0 Å². The quantitative estimate of drug-likeness (QED) is 0.678. The summed E-state index contributed by atoms with van der Waals surface area (Å²) in [6, 6.07) is 9.07. The molecule has 5 heteroatoms. The van der Waals surface area contributed by atoms with E-state index in [0.717, 1.165) is 24.8 Å². The first-order chi connectivity index (χ1) is 10.1. The van der Waals surface area contributed by atoms with Crippen LogP contribution in [0, 0.1) is 5.92 Å². The van der Waals surface area contributed by atoms with Crippen molar-refractivity contribution in [3.8, 4) is 0 Å². The number of carboxylic acids is 1. The largest absolute Gasteiger partial charge is 0.480 e. The molecule has 1 aromatic rings. The molecule has 0 heterocycles. The Kier molecular flexibility index (Phi) is 5.75. The van der Waals surface area contributed by atoms with E-state index in [1.807, 2.05) is 30.3 Å². The minimum absolute atomic E-state index is 0.0960. The average Bonchev–Trinajstić information content (AvgIpc) is 3.28. The topological polar surface area (TPSA) is 75.6 Å². The molecule has 5 nitrogen and oxygen atoms in total. The van der Waals surface area contributed by atoms with E-state index in [1.54, 1.807) is 0 Å². The van der Waals surface area contributed by atoms with Gasteiger partial charge >= 0.3 is 5.97 Å². The molecule has 1 atom stereocenters. The molecule has 1 unspecified atom stereocenters. The minimum Gasteiger partial charge on any atom is -0.480 e. The Labute approximate surface area is 124 Å². The summed E-state index contributed by atoms with van der Waals surface area (Å²) in [5.41, 5.74) is 1.15. The van der Waals surface area contributed by atoms with Crippen molar-refractivity contribution in [3.63, 3.8) is 0 Å². The number of amides is 1. The van der Waals surface area contributed by atoms with Gasteiger partial charge in [-0.15, -0.1) is 0 Å². The van der Waals surface area contributed by atoms with Crippen molar-refractivity contribution in [1.29, 1.82) is 0 Å². The fraction of sp³-hybridized carbons (Fsp3) is 0.500. The van der Waals surface area contributed by atoms with E-state index in [0.29, 0.717) is 18.9 Å². The van der Waals surface area contributed by atoms with Crippen LogP contribution in [0.1, 0.15) is 24.8 Å². The zero-order chi connectivity index (χ0) is 15.1. The highest BCUT2D eigenvalue weighted by Crippen LogP contribution is 2.33. The SMILES string of the molecule is O=C(COCCc1ccccc1)NC(CC1CC1)C(=O)O. The fourth-order valence-electron chi connectivity index (χ4n) is 2.14. The molecule has 1 fully saturated rings. The van der Waals surface area contributed by atoms with Gasteiger partial charge in [0.05, 0.1) is 6.61 Å². The van der Waals surface area contributed by atoms with Gasteiger partial charge in [0, 0.05) is 0 Å². The van der Waals surface area contributed by atoms with E-state index in [4.69, 9.17) is 9.84 Å². The maximum Gasteiger partial charge on any atom is 0.326 e. The van der Waals surface area contributed by atoms with Gasteiger partial charge in [-0.25, -0.2) is 4.79 Å². The Bertz CT molecular complexity index is 470. The summed E-state index contributed by atoms with van der Waals surface area (Å²) in [5.74, 6) is -0.888. The highest BCUT2D eigenvalue weighted by Gasteiger charge is 2.30. The maximum atomic E-state index is 11.7. The van der Waals surface area contributed by atoms with Gasteiger partial charge in [0.1, 0.15) is 12.6 Å². The number of carboxylic acid groups (broad SMARTS) is 1. The predicted octanol–water partition coefficient (Wildman–Crippen LogP) is 1.62. The molecule has 0 aromatic heterocycles. The molecule has 0 spiro atoms. The lowest BCUT2D eigenvalue weighted by Gasteiger charge is -2.14. The third-order valence-electron chi connectivity index (χ3n) is 3.51. The Morgan fingerprint density at radius 2 is 2.00 bits per heavy atom. The van der Waals surface area contributed by atoms with Crippen molar-refractivity contribution in [3.05, 3.63) is 35.9 Å². The summed E-state index contributed by atoms with van der Waals surface area (Å²) in [4.78, 5) is 22.7. The second-order valence-electron chi connectivity index (χ2n) is 5.43. The molecular formula is C16H21NO4. The second kappa shape index (κ2) is 7.78. The number of hydrogen-bond acceptors (Lipinski definition) is 3. The fourth-order valence-corrected chi connectivity index (χ4v) is 2.14. The molecular weight excluding hydrogens is 270 g/mol. The summed E-state index contributed by atoms with van der Waals surface area (Å²) in [5, 5.41) is 11.6. The van der Waals surface area contributed by atoms with Gasteiger partial charge in [0.15, 0.2) is 0 Å². The summed E-state index contributed by atoms with van der Waals surface area (Å²) >= 11 is 0. The summed E-state index contributed by atoms with van der Waals surface area (Å²) in [7, 11) is 0. The molecule has 1 saturated carbocycles. The molecule has 0 aliphatic heterocycles. The molecule has 0 radical (unpaired) electrons. The first kappa shape index (κ1) is 15.5. The number of benzene rings is 1. The van der Waals surface area contributed by atoms with Gasteiger partial charge < -0.3 is 15.2 Å².